The van der Waals surface area contributed by atoms with Crippen molar-refractivity contribution in [2.45, 2.75) is 57.7 Å². The van der Waals surface area contributed by atoms with Gasteiger partial charge < -0.3 is 20.1 Å². The van der Waals surface area contributed by atoms with Gasteiger partial charge in [0, 0.05) is 56.7 Å². The minimum Gasteiger partial charge on any atom is -0.379 e. The molecule has 2 saturated carbocycles. The smallest absolute Gasteiger partial charge is 0.191 e. The van der Waals surface area contributed by atoms with Crippen LogP contribution in [0.4, 0.5) is 0 Å². The molecular weight excluding hydrogens is 328 g/mol. The number of fused-ring (bicyclic) bond motifs is 2. The summed E-state index contributed by atoms with van der Waals surface area (Å²) in [6.45, 7) is 10.3. The number of nitrogens with zero attached hydrogens (tertiary/aromatic N) is 2. The number of nitrogens with one attached hydrogen (secondary N) is 2. The monoisotopic (exact) mass is 364 g/mol. The highest BCUT2D eigenvalue weighted by Gasteiger charge is 2.66. The van der Waals surface area contributed by atoms with Crippen molar-refractivity contribution in [1.82, 2.24) is 15.5 Å². The standard InChI is InChI=1S/C20H36N4O2/c1-14(2)16(24-8-11-25-12-9-24)13-22-19(21-3)23-17-15-5-10-26-18(15)20(17)6-4-7-20/h14-18H,4-13H2,1-3H3,(H2,21,22,23). The van der Waals surface area contributed by atoms with Gasteiger partial charge in [0.1, 0.15) is 0 Å². The van der Waals surface area contributed by atoms with Crippen molar-refractivity contribution in [2.75, 3.05) is 46.5 Å². The molecule has 0 amide bonds. The van der Waals surface area contributed by atoms with Crippen molar-refractivity contribution in [3.63, 3.8) is 0 Å². The summed E-state index contributed by atoms with van der Waals surface area (Å²) in [4.78, 5) is 7.10. The fourth-order valence-electron chi connectivity index (χ4n) is 5.69. The third-order valence-corrected chi connectivity index (χ3v) is 7.31. The Morgan fingerprint density at radius 1 is 1.23 bits per heavy atom. The van der Waals surface area contributed by atoms with Gasteiger partial charge in [-0.3, -0.25) is 9.89 Å². The van der Waals surface area contributed by atoms with Crippen LogP contribution in [0.3, 0.4) is 0 Å². The molecular formula is C20H36N4O2. The Kier molecular flexibility index (Phi) is 5.44. The summed E-state index contributed by atoms with van der Waals surface area (Å²) in [6.07, 6.45) is 5.67. The molecule has 0 radical (unpaired) electrons. The van der Waals surface area contributed by atoms with E-state index in [2.05, 4.69) is 34.4 Å². The molecule has 0 aromatic rings. The van der Waals surface area contributed by atoms with Gasteiger partial charge in [-0.05, 0) is 25.2 Å². The highest BCUT2D eigenvalue weighted by atomic mass is 16.5. The topological polar surface area (TPSA) is 58.1 Å². The van der Waals surface area contributed by atoms with Crippen LogP contribution in [0.5, 0.6) is 0 Å². The predicted octanol–water partition coefficient (Wildman–Crippen LogP) is 1.47. The van der Waals surface area contributed by atoms with Gasteiger partial charge in [0.25, 0.3) is 0 Å². The van der Waals surface area contributed by atoms with Gasteiger partial charge in [-0.1, -0.05) is 20.3 Å². The first-order valence-corrected chi connectivity index (χ1v) is 10.6. The van der Waals surface area contributed by atoms with E-state index in [1.54, 1.807) is 0 Å². The highest BCUT2D eigenvalue weighted by Crippen LogP contribution is 2.62. The Morgan fingerprint density at radius 3 is 2.62 bits per heavy atom. The predicted molar refractivity (Wildman–Crippen MR) is 103 cm³/mol. The third kappa shape index (κ3) is 3.14. The van der Waals surface area contributed by atoms with Crippen LogP contribution in [-0.2, 0) is 9.47 Å². The Hall–Kier alpha value is -0.850. The number of guanidine groups is 1. The van der Waals surface area contributed by atoms with Crippen molar-refractivity contribution in [2.24, 2.45) is 22.2 Å². The van der Waals surface area contributed by atoms with Crippen LogP contribution in [0.1, 0.15) is 39.5 Å². The number of ether oxygens (including phenoxy) is 2. The number of morpholine rings is 1. The summed E-state index contributed by atoms with van der Waals surface area (Å²) in [5.41, 5.74) is 0.389. The summed E-state index contributed by atoms with van der Waals surface area (Å²) in [6, 6.07) is 1.05. The second-order valence-corrected chi connectivity index (χ2v) is 8.87. The van der Waals surface area contributed by atoms with E-state index in [1.165, 1.54) is 25.7 Å². The first-order valence-electron chi connectivity index (χ1n) is 10.6. The molecule has 4 aliphatic rings. The maximum Gasteiger partial charge on any atom is 0.191 e. The van der Waals surface area contributed by atoms with Crippen LogP contribution in [0.25, 0.3) is 0 Å². The molecule has 26 heavy (non-hydrogen) atoms. The average molecular weight is 365 g/mol. The SMILES string of the molecule is CN=C(NCC(C(C)C)N1CCOCC1)NC1C2CCOC2C12CCC2. The summed E-state index contributed by atoms with van der Waals surface area (Å²) in [5.74, 6) is 2.24. The van der Waals surface area contributed by atoms with E-state index in [0.29, 0.717) is 35.4 Å². The molecule has 6 nitrogen and oxygen atoms in total. The van der Waals surface area contributed by atoms with Gasteiger partial charge in [0.15, 0.2) is 5.96 Å². The van der Waals surface area contributed by atoms with E-state index >= 15 is 0 Å². The second kappa shape index (κ2) is 7.64. The molecule has 4 atom stereocenters. The molecule has 2 heterocycles. The third-order valence-electron chi connectivity index (χ3n) is 7.31. The lowest BCUT2D eigenvalue weighted by Crippen LogP contribution is -2.72. The highest BCUT2D eigenvalue weighted by molar-refractivity contribution is 5.80. The molecule has 2 saturated heterocycles. The van der Waals surface area contributed by atoms with E-state index < -0.39 is 0 Å². The van der Waals surface area contributed by atoms with Crippen molar-refractivity contribution in [1.29, 1.82) is 0 Å². The zero-order valence-corrected chi connectivity index (χ0v) is 16.7. The van der Waals surface area contributed by atoms with E-state index in [9.17, 15) is 0 Å². The summed E-state index contributed by atoms with van der Waals surface area (Å²) in [5, 5.41) is 7.41. The molecule has 2 aliphatic heterocycles. The van der Waals surface area contributed by atoms with Crippen molar-refractivity contribution in [3.8, 4) is 0 Å². The van der Waals surface area contributed by atoms with Crippen molar-refractivity contribution < 1.29 is 9.47 Å². The Morgan fingerprint density at radius 2 is 2.00 bits per heavy atom. The van der Waals surface area contributed by atoms with E-state index in [0.717, 1.165) is 45.4 Å². The van der Waals surface area contributed by atoms with E-state index in [4.69, 9.17) is 9.47 Å². The minimum atomic E-state index is 0.389. The van der Waals surface area contributed by atoms with Gasteiger partial charge in [0.2, 0.25) is 0 Å². The number of hydrogen-bond donors (Lipinski definition) is 2. The van der Waals surface area contributed by atoms with Gasteiger partial charge in [-0.2, -0.15) is 0 Å². The molecule has 0 bridgehead atoms. The Labute approximate surface area is 158 Å². The van der Waals surface area contributed by atoms with E-state index in [-0.39, 0.29) is 0 Å². The van der Waals surface area contributed by atoms with Crippen molar-refractivity contribution in [3.05, 3.63) is 0 Å². The molecule has 148 valence electrons. The fourth-order valence-corrected chi connectivity index (χ4v) is 5.69. The first-order chi connectivity index (χ1) is 12.7. The number of rotatable bonds is 5. The summed E-state index contributed by atoms with van der Waals surface area (Å²) in [7, 11) is 1.89. The minimum absolute atomic E-state index is 0.389. The number of aliphatic imine (C=N–C) groups is 1. The van der Waals surface area contributed by atoms with Crippen molar-refractivity contribution >= 4 is 5.96 Å². The zero-order valence-electron chi connectivity index (χ0n) is 16.7. The van der Waals surface area contributed by atoms with Crippen LogP contribution in [0, 0.1) is 17.3 Å². The largest absolute Gasteiger partial charge is 0.379 e. The molecule has 1 spiro atoms. The Bertz CT molecular complexity index is 514. The molecule has 4 rings (SSSR count). The average Bonchev–Trinajstić information content (AvgIpc) is 3.02. The first kappa shape index (κ1) is 18.5. The van der Waals surface area contributed by atoms with Crippen LogP contribution in [-0.4, -0.2) is 75.5 Å². The molecule has 2 aliphatic carbocycles. The molecule has 4 fully saturated rings. The maximum absolute atomic E-state index is 6.05. The van der Waals surface area contributed by atoms with Crippen LogP contribution in [0.15, 0.2) is 4.99 Å². The Balaban J connectivity index is 1.34. The van der Waals surface area contributed by atoms with E-state index in [1.807, 2.05) is 7.05 Å². The molecule has 0 aromatic heterocycles. The quantitative estimate of drug-likeness (QED) is 0.571. The second-order valence-electron chi connectivity index (χ2n) is 8.87. The van der Waals surface area contributed by atoms with Crippen LogP contribution < -0.4 is 10.6 Å². The van der Waals surface area contributed by atoms with Gasteiger partial charge in [-0.25, -0.2) is 0 Å². The lowest BCUT2D eigenvalue weighted by Gasteiger charge is -2.63. The number of hydrogen-bond acceptors (Lipinski definition) is 4. The van der Waals surface area contributed by atoms with Gasteiger partial charge in [-0.15, -0.1) is 0 Å². The lowest BCUT2D eigenvalue weighted by molar-refractivity contribution is -0.171. The van der Waals surface area contributed by atoms with Gasteiger partial charge >= 0.3 is 0 Å². The maximum atomic E-state index is 6.05. The molecule has 0 aromatic carbocycles. The van der Waals surface area contributed by atoms with Crippen LogP contribution >= 0.6 is 0 Å². The normalized spacial score (nSPS) is 34.9. The molecule has 2 N–H and O–H groups in total. The summed E-state index contributed by atoms with van der Waals surface area (Å²) < 4.78 is 11.6. The van der Waals surface area contributed by atoms with Crippen LogP contribution in [0.2, 0.25) is 0 Å². The zero-order chi connectivity index (χ0) is 18.1. The summed E-state index contributed by atoms with van der Waals surface area (Å²) >= 11 is 0. The van der Waals surface area contributed by atoms with Gasteiger partial charge in [0.05, 0.1) is 19.3 Å². The molecule has 4 unspecified atom stereocenters. The molecule has 6 heteroatoms. The fraction of sp³-hybridized carbons (Fsp3) is 0.950. The lowest BCUT2D eigenvalue weighted by atomic mass is 9.46.